The minimum atomic E-state index is -0.0722. The van der Waals surface area contributed by atoms with E-state index in [-0.39, 0.29) is 11.9 Å². The van der Waals surface area contributed by atoms with Gasteiger partial charge in [0.25, 0.3) is 0 Å². The molecule has 0 spiro atoms. The highest BCUT2D eigenvalue weighted by Crippen LogP contribution is 1.98. The summed E-state index contributed by atoms with van der Waals surface area (Å²) in [5, 5.41) is 5.25. The summed E-state index contributed by atoms with van der Waals surface area (Å²) in [6.07, 6.45) is 0.329. The number of hydrogen-bond donors (Lipinski definition) is 2. The highest BCUT2D eigenvalue weighted by molar-refractivity contribution is 5.78. The number of nitrogens with zero attached hydrogens (tertiary/aromatic N) is 2. The number of amides is 3. The molecule has 92 valence electrons. The number of nitrogens with one attached hydrogen (secondary N) is 2. The number of carbonyl (C=O) groups excluding carboxylic acids is 2. The first-order valence-corrected chi connectivity index (χ1v) is 5.55. The van der Waals surface area contributed by atoms with E-state index in [1.807, 2.05) is 7.05 Å². The maximum Gasteiger partial charge on any atom is 0.317 e. The van der Waals surface area contributed by atoms with Gasteiger partial charge in [-0.3, -0.25) is 4.79 Å². The molecule has 1 aliphatic heterocycles. The van der Waals surface area contributed by atoms with Crippen LogP contribution in [0.3, 0.4) is 0 Å². The largest absolute Gasteiger partial charge is 0.359 e. The minimum Gasteiger partial charge on any atom is -0.359 e. The van der Waals surface area contributed by atoms with E-state index in [4.69, 9.17) is 0 Å². The lowest BCUT2D eigenvalue weighted by atomic mass is 10.3. The van der Waals surface area contributed by atoms with Gasteiger partial charge in [-0.15, -0.1) is 0 Å². The Bertz CT molecular complexity index is 249. The topological polar surface area (TPSA) is 64.7 Å². The van der Waals surface area contributed by atoms with E-state index in [1.165, 1.54) is 0 Å². The van der Waals surface area contributed by atoms with E-state index < -0.39 is 0 Å². The number of piperazine rings is 1. The Labute approximate surface area is 96.0 Å². The number of urea groups is 1. The van der Waals surface area contributed by atoms with Crippen LogP contribution in [0.5, 0.6) is 0 Å². The van der Waals surface area contributed by atoms with Gasteiger partial charge in [-0.2, -0.15) is 0 Å². The summed E-state index contributed by atoms with van der Waals surface area (Å²) in [7, 11) is 3.63. The molecule has 0 saturated carbocycles. The Balaban J connectivity index is 2.17. The summed E-state index contributed by atoms with van der Waals surface area (Å²) in [4.78, 5) is 26.5. The van der Waals surface area contributed by atoms with Gasteiger partial charge < -0.3 is 20.4 Å². The Hall–Kier alpha value is -1.30. The van der Waals surface area contributed by atoms with Crippen LogP contribution in [0.15, 0.2) is 0 Å². The summed E-state index contributed by atoms with van der Waals surface area (Å²) in [6.45, 7) is 3.71. The van der Waals surface area contributed by atoms with Crippen LogP contribution in [-0.4, -0.2) is 68.6 Å². The summed E-state index contributed by atoms with van der Waals surface area (Å²) >= 11 is 0. The van der Waals surface area contributed by atoms with Crippen molar-refractivity contribution in [3.63, 3.8) is 0 Å². The average Bonchev–Trinajstić information content (AvgIpc) is 2.29. The molecule has 1 fully saturated rings. The molecule has 1 rings (SSSR count). The molecule has 0 unspecified atom stereocenters. The second-order valence-electron chi connectivity index (χ2n) is 3.95. The summed E-state index contributed by atoms with van der Waals surface area (Å²) in [6, 6.07) is -0.0722. The molecular weight excluding hydrogens is 208 g/mol. The third-order valence-electron chi connectivity index (χ3n) is 2.70. The maximum atomic E-state index is 11.6. The zero-order valence-corrected chi connectivity index (χ0v) is 9.95. The predicted molar refractivity (Wildman–Crippen MR) is 61.2 cm³/mol. The fourth-order valence-electron chi connectivity index (χ4n) is 1.53. The Kier molecular flexibility index (Phi) is 5.04. The van der Waals surface area contributed by atoms with E-state index in [0.717, 1.165) is 26.2 Å². The van der Waals surface area contributed by atoms with Gasteiger partial charge in [0.05, 0.1) is 0 Å². The first-order chi connectivity index (χ1) is 7.63. The van der Waals surface area contributed by atoms with E-state index in [9.17, 15) is 9.59 Å². The first-order valence-electron chi connectivity index (χ1n) is 5.55. The summed E-state index contributed by atoms with van der Waals surface area (Å²) in [5.74, 6) is -0.0568. The van der Waals surface area contributed by atoms with Crippen LogP contribution < -0.4 is 10.6 Å². The van der Waals surface area contributed by atoms with E-state index in [0.29, 0.717) is 13.0 Å². The van der Waals surface area contributed by atoms with Crippen molar-refractivity contribution in [2.24, 2.45) is 0 Å². The zero-order valence-electron chi connectivity index (χ0n) is 9.95. The molecule has 1 heterocycles. The molecule has 6 heteroatoms. The fourth-order valence-corrected chi connectivity index (χ4v) is 1.53. The SMILES string of the molecule is CNC(=O)CCNC(=O)N1CCN(C)CC1. The van der Waals surface area contributed by atoms with Gasteiger partial charge in [0, 0.05) is 46.2 Å². The van der Waals surface area contributed by atoms with Crippen LogP contribution in [0.1, 0.15) is 6.42 Å². The zero-order chi connectivity index (χ0) is 12.0. The lowest BCUT2D eigenvalue weighted by Crippen LogP contribution is -2.51. The monoisotopic (exact) mass is 228 g/mol. The molecule has 0 atom stereocenters. The average molecular weight is 228 g/mol. The minimum absolute atomic E-state index is 0.0568. The summed E-state index contributed by atoms with van der Waals surface area (Å²) in [5.41, 5.74) is 0. The van der Waals surface area contributed by atoms with Crippen LogP contribution in [0, 0.1) is 0 Å². The van der Waals surface area contributed by atoms with Gasteiger partial charge >= 0.3 is 6.03 Å². The third-order valence-corrected chi connectivity index (χ3v) is 2.70. The molecule has 0 aromatic heterocycles. The van der Waals surface area contributed by atoms with Crippen molar-refractivity contribution in [1.82, 2.24) is 20.4 Å². The van der Waals surface area contributed by atoms with E-state index in [1.54, 1.807) is 11.9 Å². The molecule has 16 heavy (non-hydrogen) atoms. The number of rotatable bonds is 3. The molecule has 0 bridgehead atoms. The first kappa shape index (κ1) is 12.8. The number of likely N-dealkylation sites (N-methyl/N-ethyl adjacent to an activating group) is 1. The van der Waals surface area contributed by atoms with Crippen molar-refractivity contribution in [2.45, 2.75) is 6.42 Å². The van der Waals surface area contributed by atoms with E-state index >= 15 is 0 Å². The molecule has 1 saturated heterocycles. The van der Waals surface area contributed by atoms with E-state index in [2.05, 4.69) is 15.5 Å². The van der Waals surface area contributed by atoms with Crippen molar-refractivity contribution in [3.8, 4) is 0 Å². The Morgan fingerprint density at radius 2 is 1.81 bits per heavy atom. The second-order valence-corrected chi connectivity index (χ2v) is 3.95. The van der Waals surface area contributed by atoms with Crippen molar-refractivity contribution in [2.75, 3.05) is 46.8 Å². The van der Waals surface area contributed by atoms with Gasteiger partial charge in [-0.1, -0.05) is 0 Å². The van der Waals surface area contributed by atoms with Gasteiger partial charge in [-0.25, -0.2) is 4.79 Å². The highest BCUT2D eigenvalue weighted by atomic mass is 16.2. The second kappa shape index (κ2) is 6.32. The lowest BCUT2D eigenvalue weighted by Gasteiger charge is -2.32. The van der Waals surface area contributed by atoms with Crippen molar-refractivity contribution in [1.29, 1.82) is 0 Å². The van der Waals surface area contributed by atoms with Crippen molar-refractivity contribution < 1.29 is 9.59 Å². The number of hydrogen-bond acceptors (Lipinski definition) is 3. The van der Waals surface area contributed by atoms with Gasteiger partial charge in [0.1, 0.15) is 0 Å². The van der Waals surface area contributed by atoms with Gasteiger partial charge in [0.15, 0.2) is 0 Å². The van der Waals surface area contributed by atoms with Crippen LogP contribution in [0.2, 0.25) is 0 Å². The predicted octanol–water partition coefficient (Wildman–Crippen LogP) is -0.920. The smallest absolute Gasteiger partial charge is 0.317 e. The highest BCUT2D eigenvalue weighted by Gasteiger charge is 2.18. The van der Waals surface area contributed by atoms with Gasteiger partial charge in [0.2, 0.25) is 5.91 Å². The van der Waals surface area contributed by atoms with Crippen molar-refractivity contribution >= 4 is 11.9 Å². The standard InChI is InChI=1S/C10H20N4O2/c1-11-9(15)3-4-12-10(16)14-7-5-13(2)6-8-14/h3-8H2,1-2H3,(H,11,15)(H,12,16). The van der Waals surface area contributed by atoms with Crippen molar-refractivity contribution in [3.05, 3.63) is 0 Å². The molecule has 0 aromatic rings. The summed E-state index contributed by atoms with van der Waals surface area (Å²) < 4.78 is 0. The van der Waals surface area contributed by atoms with Crippen LogP contribution in [-0.2, 0) is 4.79 Å². The molecular formula is C10H20N4O2. The lowest BCUT2D eigenvalue weighted by molar-refractivity contribution is -0.120. The third kappa shape index (κ3) is 4.06. The molecule has 0 aromatic carbocycles. The Morgan fingerprint density at radius 3 is 2.38 bits per heavy atom. The Morgan fingerprint density at radius 1 is 1.19 bits per heavy atom. The molecule has 2 N–H and O–H groups in total. The van der Waals surface area contributed by atoms with Crippen LogP contribution >= 0.6 is 0 Å². The quantitative estimate of drug-likeness (QED) is 0.656. The normalized spacial score (nSPS) is 17.0. The molecule has 6 nitrogen and oxygen atoms in total. The molecule has 1 aliphatic rings. The maximum absolute atomic E-state index is 11.6. The molecule has 3 amide bonds. The molecule has 0 aliphatic carbocycles. The van der Waals surface area contributed by atoms with Gasteiger partial charge in [-0.05, 0) is 7.05 Å². The molecule has 0 radical (unpaired) electrons. The number of carbonyl (C=O) groups is 2. The fraction of sp³-hybridized carbons (Fsp3) is 0.800. The van der Waals surface area contributed by atoms with Crippen LogP contribution in [0.25, 0.3) is 0 Å². The van der Waals surface area contributed by atoms with Crippen LogP contribution in [0.4, 0.5) is 4.79 Å².